The van der Waals surface area contributed by atoms with Crippen molar-refractivity contribution in [2.24, 2.45) is 0 Å². The van der Waals surface area contributed by atoms with Crippen LogP contribution in [-0.4, -0.2) is 31.6 Å². The second-order valence-corrected chi connectivity index (χ2v) is 5.22. The Hall–Kier alpha value is -1.27. The Morgan fingerprint density at radius 3 is 2.70 bits per heavy atom. The molecule has 20 heavy (non-hydrogen) atoms. The maximum absolute atomic E-state index is 11.8. The minimum absolute atomic E-state index is 0.00439. The maximum atomic E-state index is 11.8. The number of amides is 1. The monoisotopic (exact) mass is 362 g/mol. The summed E-state index contributed by atoms with van der Waals surface area (Å²) < 4.78 is 5.66. The van der Waals surface area contributed by atoms with Gasteiger partial charge < -0.3 is 15.4 Å². The first-order valence-corrected chi connectivity index (χ1v) is 7.23. The van der Waals surface area contributed by atoms with Crippen LogP contribution in [-0.2, 0) is 14.3 Å². The molecule has 0 aliphatic rings. The summed E-state index contributed by atoms with van der Waals surface area (Å²) in [7, 11) is 1.52. The Morgan fingerprint density at radius 1 is 1.45 bits per heavy atom. The number of halogens is 2. The van der Waals surface area contributed by atoms with Crippen molar-refractivity contribution in [2.45, 2.75) is 19.4 Å². The van der Waals surface area contributed by atoms with E-state index >= 15 is 0 Å². The molecule has 5 nitrogen and oxygen atoms in total. The summed E-state index contributed by atoms with van der Waals surface area (Å²) in [4.78, 5) is 23.3. The van der Waals surface area contributed by atoms with E-state index in [1.807, 2.05) is 0 Å². The molecule has 110 valence electrons. The normalized spacial score (nSPS) is 11.6. The molecule has 0 spiro atoms. The van der Waals surface area contributed by atoms with Crippen LogP contribution >= 0.6 is 27.5 Å². The number of carbonyl (C=O) groups is 2. The Kier molecular flexibility index (Phi) is 6.81. The minimum atomic E-state index is -0.747. The smallest absolute Gasteiger partial charge is 0.329 e. The molecule has 0 radical (unpaired) electrons. The molecule has 1 aromatic rings. The van der Waals surface area contributed by atoms with Gasteiger partial charge in [-0.15, -0.1) is 0 Å². The first kappa shape index (κ1) is 16.8. The van der Waals surface area contributed by atoms with E-state index in [2.05, 4.69) is 26.6 Å². The average molecular weight is 364 g/mol. The van der Waals surface area contributed by atoms with Crippen molar-refractivity contribution in [1.82, 2.24) is 5.32 Å². The summed E-state index contributed by atoms with van der Waals surface area (Å²) in [5.74, 6) is -0.717. The van der Waals surface area contributed by atoms with Crippen molar-refractivity contribution in [3.05, 3.63) is 27.7 Å². The molecule has 7 heteroatoms. The zero-order valence-corrected chi connectivity index (χ0v) is 13.5. The van der Waals surface area contributed by atoms with Gasteiger partial charge in [0.25, 0.3) is 0 Å². The van der Waals surface area contributed by atoms with Crippen LogP contribution in [0.3, 0.4) is 0 Å². The standard InChI is InChI=1S/C13H16BrClN2O3/c1-3-20-13(19)11(7-12(18)16-2)17-8-4-5-10(15)9(14)6-8/h4-6,11,17H,3,7H2,1-2H3,(H,16,18). The Balaban J connectivity index is 2.84. The molecule has 0 aliphatic carbocycles. The number of carbonyl (C=O) groups excluding carboxylic acids is 2. The summed E-state index contributed by atoms with van der Waals surface area (Å²) in [5.41, 5.74) is 0.670. The summed E-state index contributed by atoms with van der Waals surface area (Å²) in [6.07, 6.45) is -0.00439. The van der Waals surface area contributed by atoms with Crippen molar-refractivity contribution in [1.29, 1.82) is 0 Å². The van der Waals surface area contributed by atoms with Gasteiger partial charge in [0.2, 0.25) is 5.91 Å². The maximum Gasteiger partial charge on any atom is 0.329 e. The predicted molar refractivity (Wildman–Crippen MR) is 81.9 cm³/mol. The van der Waals surface area contributed by atoms with Crippen LogP contribution in [0.4, 0.5) is 5.69 Å². The van der Waals surface area contributed by atoms with Crippen molar-refractivity contribution in [3.63, 3.8) is 0 Å². The van der Waals surface area contributed by atoms with Gasteiger partial charge in [0.05, 0.1) is 18.1 Å². The van der Waals surface area contributed by atoms with E-state index in [1.165, 1.54) is 7.05 Å². The third-order valence-corrected chi connectivity index (χ3v) is 3.71. The third kappa shape index (κ3) is 5.02. The number of hydrogen-bond acceptors (Lipinski definition) is 4. The number of rotatable bonds is 6. The van der Waals surface area contributed by atoms with Crippen LogP contribution in [0.5, 0.6) is 0 Å². The number of esters is 1. The lowest BCUT2D eigenvalue weighted by atomic mass is 10.2. The fraction of sp³-hybridized carbons (Fsp3) is 0.385. The van der Waals surface area contributed by atoms with E-state index in [-0.39, 0.29) is 18.9 Å². The van der Waals surface area contributed by atoms with Gasteiger partial charge in [-0.3, -0.25) is 4.79 Å². The molecule has 0 heterocycles. The highest BCUT2D eigenvalue weighted by molar-refractivity contribution is 9.10. The first-order valence-electron chi connectivity index (χ1n) is 6.06. The molecule has 1 amide bonds. The van der Waals surface area contributed by atoms with E-state index in [1.54, 1.807) is 25.1 Å². The molecule has 0 fully saturated rings. The van der Waals surface area contributed by atoms with Crippen LogP contribution in [0.15, 0.2) is 22.7 Å². The Morgan fingerprint density at radius 2 is 2.15 bits per heavy atom. The van der Waals surface area contributed by atoms with Gasteiger partial charge in [-0.2, -0.15) is 0 Å². The van der Waals surface area contributed by atoms with Crippen LogP contribution in [0.2, 0.25) is 5.02 Å². The van der Waals surface area contributed by atoms with E-state index in [0.717, 1.165) is 0 Å². The fourth-order valence-electron chi connectivity index (χ4n) is 1.51. The summed E-state index contributed by atoms with van der Waals surface area (Å²) in [6.45, 7) is 1.98. The number of benzene rings is 1. The van der Waals surface area contributed by atoms with Gasteiger partial charge in [-0.1, -0.05) is 11.6 Å². The minimum Gasteiger partial charge on any atom is -0.464 e. The molecule has 0 saturated heterocycles. The van der Waals surface area contributed by atoms with Gasteiger partial charge in [0.1, 0.15) is 6.04 Å². The van der Waals surface area contributed by atoms with Gasteiger partial charge in [-0.25, -0.2) is 4.79 Å². The third-order valence-electron chi connectivity index (χ3n) is 2.50. The summed E-state index contributed by atoms with van der Waals surface area (Å²) in [5, 5.41) is 6.02. The lowest BCUT2D eigenvalue weighted by molar-refractivity contribution is -0.145. The molecule has 0 saturated carbocycles. The van der Waals surface area contributed by atoms with Crippen molar-refractivity contribution >= 4 is 45.1 Å². The molecule has 0 aromatic heterocycles. The molecule has 0 aliphatic heterocycles. The average Bonchev–Trinajstić information content (AvgIpc) is 2.42. The zero-order chi connectivity index (χ0) is 15.1. The Bertz CT molecular complexity index is 497. The van der Waals surface area contributed by atoms with Crippen molar-refractivity contribution in [2.75, 3.05) is 19.0 Å². The molecule has 0 bridgehead atoms. The van der Waals surface area contributed by atoms with Crippen LogP contribution in [0.25, 0.3) is 0 Å². The molecule has 2 N–H and O–H groups in total. The van der Waals surface area contributed by atoms with Crippen LogP contribution < -0.4 is 10.6 Å². The highest BCUT2D eigenvalue weighted by Gasteiger charge is 2.22. The largest absolute Gasteiger partial charge is 0.464 e. The van der Waals surface area contributed by atoms with Crippen LogP contribution in [0.1, 0.15) is 13.3 Å². The van der Waals surface area contributed by atoms with Crippen LogP contribution in [0, 0.1) is 0 Å². The number of nitrogens with one attached hydrogen (secondary N) is 2. The number of anilines is 1. The SMILES string of the molecule is CCOC(=O)C(CC(=O)NC)Nc1ccc(Cl)c(Br)c1. The van der Waals surface area contributed by atoms with E-state index in [4.69, 9.17) is 16.3 Å². The molecular formula is C13H16BrClN2O3. The van der Waals surface area contributed by atoms with Gasteiger partial charge in [-0.05, 0) is 41.1 Å². The van der Waals surface area contributed by atoms with Gasteiger partial charge in [0.15, 0.2) is 0 Å². The topological polar surface area (TPSA) is 67.4 Å². The fourth-order valence-corrected chi connectivity index (χ4v) is 2.01. The lowest BCUT2D eigenvalue weighted by Gasteiger charge is -2.18. The van der Waals surface area contributed by atoms with E-state index in [0.29, 0.717) is 15.2 Å². The molecule has 1 rings (SSSR count). The summed E-state index contributed by atoms with van der Waals surface area (Å²) in [6, 6.07) is 4.40. The second-order valence-electron chi connectivity index (χ2n) is 3.96. The van der Waals surface area contributed by atoms with Gasteiger partial charge >= 0.3 is 5.97 Å². The number of ether oxygens (including phenoxy) is 1. The Labute approximate surface area is 131 Å². The molecular weight excluding hydrogens is 348 g/mol. The van der Waals surface area contributed by atoms with Gasteiger partial charge in [0, 0.05) is 17.2 Å². The van der Waals surface area contributed by atoms with Crippen molar-refractivity contribution < 1.29 is 14.3 Å². The molecule has 1 aromatic carbocycles. The molecule has 1 unspecified atom stereocenters. The highest BCUT2D eigenvalue weighted by atomic mass is 79.9. The second kappa shape index (κ2) is 8.11. The molecule has 1 atom stereocenters. The quantitative estimate of drug-likeness (QED) is 0.762. The van der Waals surface area contributed by atoms with Crippen molar-refractivity contribution in [3.8, 4) is 0 Å². The predicted octanol–water partition coefficient (Wildman–Crippen LogP) is 2.58. The summed E-state index contributed by atoms with van der Waals surface area (Å²) >= 11 is 9.21. The zero-order valence-electron chi connectivity index (χ0n) is 11.2. The van der Waals surface area contributed by atoms with E-state index < -0.39 is 12.0 Å². The lowest BCUT2D eigenvalue weighted by Crippen LogP contribution is -2.36. The van der Waals surface area contributed by atoms with E-state index in [9.17, 15) is 9.59 Å². The number of hydrogen-bond donors (Lipinski definition) is 2. The highest BCUT2D eigenvalue weighted by Crippen LogP contribution is 2.26. The first-order chi connectivity index (χ1) is 9.47.